The number of benzene rings is 1. The maximum absolute atomic E-state index is 12.9. The van der Waals surface area contributed by atoms with Crippen LogP contribution in [0.1, 0.15) is 17.7 Å². The van der Waals surface area contributed by atoms with Crippen molar-refractivity contribution in [2.75, 3.05) is 36.6 Å². The Hall–Kier alpha value is -2.36. The van der Waals surface area contributed by atoms with Crippen LogP contribution in [0.4, 0.5) is 24.9 Å². The number of halogens is 3. The van der Waals surface area contributed by atoms with Gasteiger partial charge in [-0.2, -0.15) is 18.2 Å². The van der Waals surface area contributed by atoms with Crippen LogP contribution in [0.2, 0.25) is 0 Å². The number of anilines is 2. The summed E-state index contributed by atoms with van der Waals surface area (Å²) in [5, 5.41) is 2.68. The first-order valence-electron chi connectivity index (χ1n) is 8.19. The van der Waals surface area contributed by atoms with Crippen LogP contribution in [0.15, 0.2) is 36.4 Å². The Kier molecular flexibility index (Phi) is 6.63. The van der Waals surface area contributed by atoms with Gasteiger partial charge in [-0.1, -0.05) is 30.3 Å². The molecule has 1 heterocycles. The average molecular weight is 402 g/mol. The van der Waals surface area contributed by atoms with Crippen molar-refractivity contribution in [1.82, 2.24) is 9.97 Å². The lowest BCUT2D eigenvalue weighted by Crippen LogP contribution is -2.19. The smallest absolute Gasteiger partial charge is 0.363 e. The second kappa shape index (κ2) is 8.55. The number of nitrogens with zero attached hydrogens (tertiary/aromatic N) is 3. The fraction of sp³-hybridized carbons (Fsp3) is 0.412. The minimum Gasteiger partial charge on any atom is -0.363 e. The summed E-state index contributed by atoms with van der Waals surface area (Å²) in [6.07, 6.45) is -4.37. The lowest BCUT2D eigenvalue weighted by molar-refractivity contribution is -0.141. The van der Waals surface area contributed by atoms with Crippen LogP contribution in [-0.2, 0) is 21.8 Å². The van der Waals surface area contributed by atoms with Gasteiger partial charge in [0.2, 0.25) is 5.95 Å². The summed E-state index contributed by atoms with van der Waals surface area (Å²) >= 11 is 0. The van der Waals surface area contributed by atoms with Gasteiger partial charge < -0.3 is 10.2 Å². The van der Waals surface area contributed by atoms with Crippen LogP contribution >= 0.6 is 0 Å². The number of sulfone groups is 1. The molecule has 0 amide bonds. The molecule has 10 heteroatoms. The summed E-state index contributed by atoms with van der Waals surface area (Å²) in [6, 6.07) is 9.65. The van der Waals surface area contributed by atoms with E-state index >= 15 is 0 Å². The van der Waals surface area contributed by atoms with E-state index in [1.54, 1.807) is 44.4 Å². The number of nitrogens with one attached hydrogen (secondary N) is 1. The summed E-state index contributed by atoms with van der Waals surface area (Å²) in [7, 11) is -0.167. The standard InChI is InChI=1S/C17H21F3N4O2S/c1-24(2)15-11-14(17(18,19)20)22-16(23-15)21-9-6-10-27(25,26)12-13-7-4-3-5-8-13/h3-5,7-8,11H,6,9-10,12H2,1-2H3,(H,21,22,23). The van der Waals surface area contributed by atoms with E-state index in [0.29, 0.717) is 5.56 Å². The first-order chi connectivity index (χ1) is 12.6. The molecule has 0 radical (unpaired) electrons. The van der Waals surface area contributed by atoms with E-state index in [-0.39, 0.29) is 36.2 Å². The Morgan fingerprint density at radius 1 is 1.11 bits per heavy atom. The third-order valence-corrected chi connectivity index (χ3v) is 5.29. The van der Waals surface area contributed by atoms with Crippen LogP contribution in [0.3, 0.4) is 0 Å². The normalized spacial score (nSPS) is 12.0. The van der Waals surface area contributed by atoms with Gasteiger partial charge in [-0.3, -0.25) is 0 Å². The van der Waals surface area contributed by atoms with Crippen molar-refractivity contribution in [2.45, 2.75) is 18.3 Å². The molecule has 2 aromatic rings. The summed E-state index contributed by atoms with van der Waals surface area (Å²) in [5.74, 6) is -0.238. The van der Waals surface area contributed by atoms with Crippen molar-refractivity contribution in [3.63, 3.8) is 0 Å². The predicted molar refractivity (Wildman–Crippen MR) is 98.4 cm³/mol. The Labute approximate surface area is 156 Å². The van der Waals surface area contributed by atoms with Crippen molar-refractivity contribution >= 4 is 21.6 Å². The molecular weight excluding hydrogens is 381 g/mol. The van der Waals surface area contributed by atoms with Gasteiger partial charge in [0.15, 0.2) is 15.5 Å². The van der Waals surface area contributed by atoms with Crippen LogP contribution in [0.5, 0.6) is 0 Å². The van der Waals surface area contributed by atoms with Crippen LogP contribution in [-0.4, -0.2) is 44.8 Å². The summed E-state index contributed by atoms with van der Waals surface area (Å²) in [6.45, 7) is 0.141. The molecule has 0 unspecified atom stereocenters. The molecular formula is C17H21F3N4O2S. The molecule has 0 saturated carbocycles. The third kappa shape index (κ3) is 6.70. The minimum atomic E-state index is -4.59. The number of hydrogen-bond acceptors (Lipinski definition) is 6. The maximum atomic E-state index is 12.9. The Morgan fingerprint density at radius 2 is 1.78 bits per heavy atom. The fourth-order valence-corrected chi connectivity index (χ4v) is 3.71. The molecule has 0 fully saturated rings. The Balaban J connectivity index is 1.95. The quantitative estimate of drug-likeness (QED) is 0.685. The molecule has 0 atom stereocenters. The van der Waals surface area contributed by atoms with Crippen molar-refractivity contribution < 1.29 is 21.6 Å². The zero-order valence-corrected chi connectivity index (χ0v) is 15.8. The van der Waals surface area contributed by atoms with Crippen molar-refractivity contribution in [3.8, 4) is 0 Å². The SMILES string of the molecule is CN(C)c1cc(C(F)(F)F)nc(NCCCS(=O)(=O)Cc2ccccc2)n1. The fourth-order valence-electron chi connectivity index (χ4n) is 2.28. The molecule has 1 aromatic carbocycles. The number of alkyl halides is 3. The zero-order valence-electron chi connectivity index (χ0n) is 15.0. The molecule has 2 rings (SSSR count). The Morgan fingerprint density at radius 3 is 2.37 bits per heavy atom. The zero-order chi connectivity index (χ0) is 20.1. The van der Waals surface area contributed by atoms with E-state index in [9.17, 15) is 21.6 Å². The highest BCUT2D eigenvalue weighted by Gasteiger charge is 2.34. The summed E-state index contributed by atoms with van der Waals surface area (Å²) in [5.41, 5.74) is -0.359. The third-order valence-electron chi connectivity index (χ3n) is 3.61. The first-order valence-corrected chi connectivity index (χ1v) is 10.0. The highest BCUT2D eigenvalue weighted by molar-refractivity contribution is 7.90. The van der Waals surface area contributed by atoms with Gasteiger partial charge in [0.25, 0.3) is 0 Å². The largest absolute Gasteiger partial charge is 0.433 e. The first kappa shape index (κ1) is 20.9. The van der Waals surface area contributed by atoms with E-state index in [0.717, 1.165) is 6.07 Å². The van der Waals surface area contributed by atoms with E-state index in [2.05, 4.69) is 15.3 Å². The van der Waals surface area contributed by atoms with Gasteiger partial charge >= 0.3 is 6.18 Å². The second-order valence-corrected chi connectivity index (χ2v) is 8.37. The summed E-state index contributed by atoms with van der Waals surface area (Å²) < 4.78 is 63.1. The lowest BCUT2D eigenvalue weighted by atomic mass is 10.2. The predicted octanol–water partition coefficient (Wildman–Crippen LogP) is 2.98. The topological polar surface area (TPSA) is 75.2 Å². The van der Waals surface area contributed by atoms with E-state index < -0.39 is 21.7 Å². The van der Waals surface area contributed by atoms with Gasteiger partial charge in [0.05, 0.1) is 11.5 Å². The lowest BCUT2D eigenvalue weighted by Gasteiger charge is -2.16. The monoisotopic (exact) mass is 402 g/mol. The molecule has 6 nitrogen and oxygen atoms in total. The van der Waals surface area contributed by atoms with Gasteiger partial charge in [-0.05, 0) is 12.0 Å². The van der Waals surface area contributed by atoms with E-state index in [1.807, 2.05) is 0 Å². The summed E-state index contributed by atoms with van der Waals surface area (Å²) in [4.78, 5) is 8.90. The molecule has 0 aliphatic rings. The number of rotatable bonds is 8. The molecule has 27 heavy (non-hydrogen) atoms. The molecule has 0 bridgehead atoms. The highest BCUT2D eigenvalue weighted by Crippen LogP contribution is 2.30. The molecule has 0 spiro atoms. The molecule has 1 N–H and O–H groups in total. The maximum Gasteiger partial charge on any atom is 0.433 e. The Bertz CT molecular complexity index is 856. The van der Waals surface area contributed by atoms with Crippen molar-refractivity contribution in [2.24, 2.45) is 0 Å². The molecule has 0 aliphatic carbocycles. The molecule has 0 saturated heterocycles. The highest BCUT2D eigenvalue weighted by atomic mass is 32.2. The van der Waals surface area contributed by atoms with Crippen molar-refractivity contribution in [1.29, 1.82) is 0 Å². The molecule has 1 aromatic heterocycles. The van der Waals surface area contributed by atoms with Gasteiger partial charge in [-0.15, -0.1) is 0 Å². The van der Waals surface area contributed by atoms with Gasteiger partial charge in [0.1, 0.15) is 5.82 Å². The average Bonchev–Trinajstić information content (AvgIpc) is 2.58. The van der Waals surface area contributed by atoms with Crippen LogP contribution < -0.4 is 10.2 Å². The van der Waals surface area contributed by atoms with Gasteiger partial charge in [0, 0.05) is 26.7 Å². The number of aromatic nitrogens is 2. The second-order valence-electron chi connectivity index (χ2n) is 6.19. The number of hydrogen-bond donors (Lipinski definition) is 1. The van der Waals surface area contributed by atoms with E-state index in [1.165, 1.54) is 4.90 Å². The molecule has 0 aliphatic heterocycles. The molecule has 148 valence electrons. The van der Waals surface area contributed by atoms with E-state index in [4.69, 9.17) is 0 Å². The van der Waals surface area contributed by atoms with Crippen molar-refractivity contribution in [3.05, 3.63) is 47.7 Å². The van der Waals surface area contributed by atoms with Crippen LogP contribution in [0.25, 0.3) is 0 Å². The van der Waals surface area contributed by atoms with Crippen LogP contribution in [0, 0.1) is 0 Å². The minimum absolute atomic E-state index is 0.0708. The van der Waals surface area contributed by atoms with Gasteiger partial charge in [-0.25, -0.2) is 13.4 Å².